The minimum absolute atomic E-state index is 0.0465. The van der Waals surface area contributed by atoms with E-state index in [1.165, 1.54) is 0 Å². The maximum absolute atomic E-state index is 12.2. The smallest absolute Gasteiger partial charge is 0.248 e. The molecule has 0 aromatic carbocycles. The van der Waals surface area contributed by atoms with Crippen molar-refractivity contribution in [2.75, 3.05) is 37.7 Å². The number of carbonyl (C=O) groups excluding carboxylic acids is 1. The van der Waals surface area contributed by atoms with E-state index in [-0.39, 0.29) is 12.5 Å². The van der Waals surface area contributed by atoms with Crippen LogP contribution in [0.25, 0.3) is 0 Å². The van der Waals surface area contributed by atoms with Crippen molar-refractivity contribution in [3.05, 3.63) is 45.7 Å². The standard InChI is InChI=1S/C16H18ClN3O2S/c17-13-3-4-15(18-10-13)19-5-7-20(8-6-19)16(21)12-22-11-14-2-1-9-23-14/h1-4,9-10H,5-8,11-12H2. The van der Waals surface area contributed by atoms with Gasteiger partial charge in [-0.15, -0.1) is 11.3 Å². The van der Waals surface area contributed by atoms with Crippen molar-refractivity contribution in [1.82, 2.24) is 9.88 Å². The third-order valence-electron chi connectivity index (χ3n) is 3.72. The van der Waals surface area contributed by atoms with Crippen molar-refractivity contribution >= 4 is 34.7 Å². The Morgan fingerprint density at radius 1 is 1.26 bits per heavy atom. The molecule has 0 saturated carbocycles. The van der Waals surface area contributed by atoms with E-state index in [1.54, 1.807) is 17.5 Å². The lowest BCUT2D eigenvalue weighted by Crippen LogP contribution is -2.50. The third-order valence-corrected chi connectivity index (χ3v) is 4.79. The predicted octanol–water partition coefficient (Wildman–Crippen LogP) is 2.66. The van der Waals surface area contributed by atoms with Crippen molar-refractivity contribution in [3.63, 3.8) is 0 Å². The summed E-state index contributed by atoms with van der Waals surface area (Å²) >= 11 is 7.49. The Bertz CT molecular complexity index is 625. The molecule has 1 aliphatic rings. The number of aromatic nitrogens is 1. The number of ether oxygens (including phenoxy) is 1. The Hall–Kier alpha value is -1.63. The Kier molecular flexibility index (Phi) is 5.48. The van der Waals surface area contributed by atoms with Crippen LogP contribution in [0, 0.1) is 0 Å². The number of hydrogen-bond acceptors (Lipinski definition) is 5. The van der Waals surface area contributed by atoms with Gasteiger partial charge in [0, 0.05) is 37.3 Å². The molecule has 0 radical (unpaired) electrons. The molecule has 1 aliphatic heterocycles. The zero-order valence-corrected chi connectivity index (χ0v) is 14.2. The number of hydrogen-bond donors (Lipinski definition) is 0. The largest absolute Gasteiger partial charge is 0.366 e. The first-order valence-corrected chi connectivity index (χ1v) is 8.72. The molecule has 23 heavy (non-hydrogen) atoms. The van der Waals surface area contributed by atoms with E-state index in [9.17, 15) is 4.79 Å². The van der Waals surface area contributed by atoms with Crippen LogP contribution in [-0.2, 0) is 16.1 Å². The Balaban J connectivity index is 1.43. The van der Waals surface area contributed by atoms with E-state index in [0.717, 1.165) is 23.8 Å². The number of carbonyl (C=O) groups is 1. The van der Waals surface area contributed by atoms with Crippen molar-refractivity contribution < 1.29 is 9.53 Å². The van der Waals surface area contributed by atoms with Gasteiger partial charge in [-0.1, -0.05) is 17.7 Å². The molecule has 0 unspecified atom stereocenters. The monoisotopic (exact) mass is 351 g/mol. The zero-order valence-electron chi connectivity index (χ0n) is 12.7. The van der Waals surface area contributed by atoms with Gasteiger partial charge >= 0.3 is 0 Å². The van der Waals surface area contributed by atoms with Gasteiger partial charge in [0.1, 0.15) is 12.4 Å². The van der Waals surface area contributed by atoms with Gasteiger partial charge in [0.05, 0.1) is 11.6 Å². The highest BCUT2D eigenvalue weighted by molar-refractivity contribution is 7.09. The average Bonchev–Trinajstić information content (AvgIpc) is 3.09. The first kappa shape index (κ1) is 16.2. The molecule has 2 aromatic rings. The lowest BCUT2D eigenvalue weighted by atomic mass is 10.3. The van der Waals surface area contributed by atoms with Crippen LogP contribution in [0.3, 0.4) is 0 Å². The molecule has 1 saturated heterocycles. The number of anilines is 1. The van der Waals surface area contributed by atoms with Crippen LogP contribution in [-0.4, -0.2) is 48.6 Å². The van der Waals surface area contributed by atoms with E-state index in [2.05, 4.69) is 9.88 Å². The van der Waals surface area contributed by atoms with Gasteiger partial charge in [0.15, 0.2) is 0 Å². The molecule has 1 amide bonds. The predicted molar refractivity (Wildman–Crippen MR) is 92.0 cm³/mol. The molecule has 2 aromatic heterocycles. The van der Waals surface area contributed by atoms with E-state index in [0.29, 0.717) is 24.7 Å². The maximum Gasteiger partial charge on any atom is 0.248 e. The van der Waals surface area contributed by atoms with Crippen LogP contribution >= 0.6 is 22.9 Å². The zero-order chi connectivity index (χ0) is 16.1. The van der Waals surface area contributed by atoms with Gasteiger partial charge in [-0.05, 0) is 23.6 Å². The van der Waals surface area contributed by atoms with Crippen molar-refractivity contribution in [2.45, 2.75) is 6.61 Å². The number of amides is 1. The van der Waals surface area contributed by atoms with Crippen molar-refractivity contribution in [2.24, 2.45) is 0 Å². The summed E-state index contributed by atoms with van der Waals surface area (Å²) in [5.74, 6) is 0.945. The molecule has 0 aliphatic carbocycles. The molecule has 0 N–H and O–H groups in total. The first-order chi connectivity index (χ1) is 11.2. The molecule has 7 heteroatoms. The quantitative estimate of drug-likeness (QED) is 0.830. The summed E-state index contributed by atoms with van der Waals surface area (Å²) in [7, 11) is 0. The van der Waals surface area contributed by atoms with Crippen molar-refractivity contribution in [1.29, 1.82) is 0 Å². The number of piperazine rings is 1. The third kappa shape index (κ3) is 4.43. The summed E-state index contributed by atoms with van der Waals surface area (Å²) in [6.45, 7) is 3.54. The number of nitrogens with zero attached hydrogens (tertiary/aromatic N) is 3. The van der Waals surface area contributed by atoms with E-state index in [4.69, 9.17) is 16.3 Å². The van der Waals surface area contributed by atoms with Crippen LogP contribution in [0.2, 0.25) is 5.02 Å². The van der Waals surface area contributed by atoms with Gasteiger partial charge in [-0.25, -0.2) is 4.98 Å². The summed E-state index contributed by atoms with van der Waals surface area (Å²) in [4.78, 5) is 21.6. The van der Waals surface area contributed by atoms with Crippen molar-refractivity contribution in [3.8, 4) is 0 Å². The molecule has 1 fully saturated rings. The molecule has 122 valence electrons. The summed E-state index contributed by atoms with van der Waals surface area (Å²) in [6, 6.07) is 7.73. The van der Waals surface area contributed by atoms with Gasteiger partial charge in [0.2, 0.25) is 5.91 Å². The van der Waals surface area contributed by atoms with Gasteiger partial charge in [-0.2, -0.15) is 0 Å². The van der Waals surface area contributed by atoms with E-state index < -0.39 is 0 Å². The summed E-state index contributed by atoms with van der Waals surface area (Å²) in [5.41, 5.74) is 0. The summed E-state index contributed by atoms with van der Waals surface area (Å²) in [6.07, 6.45) is 1.65. The topological polar surface area (TPSA) is 45.7 Å². The van der Waals surface area contributed by atoms with Gasteiger partial charge < -0.3 is 14.5 Å². The highest BCUT2D eigenvalue weighted by Gasteiger charge is 2.21. The van der Waals surface area contributed by atoms with Crippen LogP contribution in [0.15, 0.2) is 35.8 Å². The Labute approximate surface area is 144 Å². The fourth-order valence-corrected chi connectivity index (χ4v) is 3.22. The molecule has 3 rings (SSSR count). The number of pyridine rings is 1. The van der Waals surface area contributed by atoms with Crippen LogP contribution in [0.4, 0.5) is 5.82 Å². The highest BCUT2D eigenvalue weighted by atomic mass is 35.5. The lowest BCUT2D eigenvalue weighted by Gasteiger charge is -2.35. The van der Waals surface area contributed by atoms with Crippen LogP contribution < -0.4 is 4.90 Å². The fraction of sp³-hybridized carbons (Fsp3) is 0.375. The van der Waals surface area contributed by atoms with Gasteiger partial charge in [-0.3, -0.25) is 4.79 Å². The minimum atomic E-state index is 0.0465. The second kappa shape index (κ2) is 7.77. The molecular formula is C16H18ClN3O2S. The highest BCUT2D eigenvalue weighted by Crippen LogP contribution is 2.16. The Morgan fingerprint density at radius 3 is 2.74 bits per heavy atom. The lowest BCUT2D eigenvalue weighted by molar-refractivity contribution is -0.136. The van der Waals surface area contributed by atoms with Crippen LogP contribution in [0.5, 0.6) is 0 Å². The SMILES string of the molecule is O=C(COCc1cccs1)N1CCN(c2ccc(Cl)cn2)CC1. The molecule has 5 nitrogen and oxygen atoms in total. The number of rotatable bonds is 5. The normalized spacial score (nSPS) is 15.0. The van der Waals surface area contributed by atoms with Crippen LogP contribution in [0.1, 0.15) is 4.88 Å². The van der Waals surface area contributed by atoms with E-state index in [1.807, 2.05) is 34.5 Å². The molecule has 0 bridgehead atoms. The average molecular weight is 352 g/mol. The summed E-state index contributed by atoms with van der Waals surface area (Å²) in [5, 5.41) is 2.63. The fourth-order valence-electron chi connectivity index (χ4n) is 2.46. The molecule has 3 heterocycles. The molecule has 0 atom stereocenters. The van der Waals surface area contributed by atoms with E-state index >= 15 is 0 Å². The minimum Gasteiger partial charge on any atom is -0.366 e. The second-order valence-electron chi connectivity index (χ2n) is 5.27. The summed E-state index contributed by atoms with van der Waals surface area (Å²) < 4.78 is 5.50. The van der Waals surface area contributed by atoms with Gasteiger partial charge in [0.25, 0.3) is 0 Å². The first-order valence-electron chi connectivity index (χ1n) is 7.47. The Morgan fingerprint density at radius 2 is 2.09 bits per heavy atom. The number of halogens is 1. The second-order valence-corrected chi connectivity index (χ2v) is 6.74. The number of thiophene rings is 1. The molecule has 0 spiro atoms. The molecular weight excluding hydrogens is 334 g/mol. The maximum atomic E-state index is 12.2.